The van der Waals surface area contributed by atoms with Gasteiger partial charge in [-0.3, -0.25) is 10.1 Å². The first-order valence-electron chi connectivity index (χ1n) is 17.3. The number of fused-ring (bicyclic) bond motifs is 1. The monoisotopic (exact) mass is 672 g/mol. The van der Waals surface area contributed by atoms with E-state index in [4.69, 9.17) is 4.74 Å². The van der Waals surface area contributed by atoms with E-state index < -0.39 is 11.6 Å². The second-order valence-corrected chi connectivity index (χ2v) is 15.2. The Bertz CT molecular complexity index is 1730. The summed E-state index contributed by atoms with van der Waals surface area (Å²) in [6.07, 6.45) is 4.71. The number of hydrogen-bond donors (Lipinski definition) is 1. The fourth-order valence-electron chi connectivity index (χ4n) is 7.31. The fraction of sp³-hybridized carbons (Fsp3) is 0.350. The topological polar surface area (TPSA) is 85.2 Å². The highest BCUT2D eigenvalue weighted by atomic mass is 32.2. The molecule has 1 aromatic heterocycles. The number of carbonyl (C=O) groups is 1. The molecule has 7 rings (SSSR count). The molecule has 4 aromatic carbocycles. The van der Waals surface area contributed by atoms with Crippen LogP contribution in [-0.2, 0) is 16.9 Å². The molecule has 1 amide bonds. The third-order valence-electron chi connectivity index (χ3n) is 9.76. The summed E-state index contributed by atoms with van der Waals surface area (Å²) in [4.78, 5) is 16.4. The van der Waals surface area contributed by atoms with Crippen LogP contribution in [0.3, 0.4) is 0 Å². The quantitative estimate of drug-likeness (QED) is 0.0750. The average Bonchev–Trinajstić information content (AvgIpc) is 3.69. The van der Waals surface area contributed by atoms with Gasteiger partial charge in [-0.05, 0) is 65.1 Å². The highest BCUT2D eigenvalue weighted by Gasteiger charge is 2.64. The Morgan fingerprint density at radius 1 is 0.816 bits per heavy atom. The molecular formula is C40H44N6O2S. The molecule has 1 N–H and O–H groups in total. The molecule has 0 bridgehead atoms. The highest BCUT2D eigenvalue weighted by molar-refractivity contribution is 8.01. The van der Waals surface area contributed by atoms with Crippen LogP contribution in [0.1, 0.15) is 80.6 Å². The summed E-state index contributed by atoms with van der Waals surface area (Å²) in [6, 6.07) is 38.8. The largest absolute Gasteiger partial charge is 0.494 e. The molecule has 252 valence electrons. The SMILES string of the molecule is CCCCCCOc1ccc(Cn2nnnc2C2N3C(=O)C(NC(c4ccccc4)(c4ccccc4)c4ccccc4)[C@@H]3SC2(C)C)cc1. The van der Waals surface area contributed by atoms with Crippen LogP contribution >= 0.6 is 11.8 Å². The van der Waals surface area contributed by atoms with Gasteiger partial charge in [-0.1, -0.05) is 129 Å². The third-order valence-corrected chi connectivity index (χ3v) is 11.3. The molecule has 0 aliphatic carbocycles. The van der Waals surface area contributed by atoms with Crippen molar-refractivity contribution in [1.29, 1.82) is 0 Å². The molecule has 2 fully saturated rings. The molecule has 2 saturated heterocycles. The smallest absolute Gasteiger partial charge is 0.244 e. The van der Waals surface area contributed by atoms with E-state index in [-0.39, 0.29) is 22.1 Å². The number of benzene rings is 4. The summed E-state index contributed by atoms with van der Waals surface area (Å²) in [5.41, 5.74) is 3.56. The van der Waals surface area contributed by atoms with Gasteiger partial charge in [-0.2, -0.15) is 0 Å². The maximum absolute atomic E-state index is 14.4. The van der Waals surface area contributed by atoms with Gasteiger partial charge in [0.15, 0.2) is 5.82 Å². The predicted octanol–water partition coefficient (Wildman–Crippen LogP) is 7.37. The molecule has 0 spiro atoms. The lowest BCUT2D eigenvalue weighted by molar-refractivity contribution is -0.150. The van der Waals surface area contributed by atoms with Crippen molar-refractivity contribution in [3.8, 4) is 5.75 Å². The molecule has 3 heterocycles. The number of amides is 1. The van der Waals surface area contributed by atoms with Gasteiger partial charge >= 0.3 is 0 Å². The van der Waals surface area contributed by atoms with Crippen LogP contribution in [-0.4, -0.2) is 53.8 Å². The van der Waals surface area contributed by atoms with E-state index in [9.17, 15) is 4.79 Å². The van der Waals surface area contributed by atoms with Crippen LogP contribution in [0.2, 0.25) is 0 Å². The van der Waals surface area contributed by atoms with Crippen LogP contribution in [0.4, 0.5) is 0 Å². The number of unbranched alkanes of at least 4 members (excludes halogenated alkanes) is 3. The third kappa shape index (κ3) is 6.37. The number of aromatic nitrogens is 4. The van der Waals surface area contributed by atoms with E-state index in [0.29, 0.717) is 12.4 Å². The first kappa shape index (κ1) is 33.0. The van der Waals surface area contributed by atoms with Crippen molar-refractivity contribution in [2.75, 3.05) is 6.61 Å². The number of β-lactam (4-membered cyclic amide) rings is 1. The van der Waals surface area contributed by atoms with E-state index in [0.717, 1.165) is 41.0 Å². The second-order valence-electron chi connectivity index (χ2n) is 13.5. The minimum Gasteiger partial charge on any atom is -0.494 e. The number of hydrogen-bond acceptors (Lipinski definition) is 7. The number of nitrogens with zero attached hydrogens (tertiary/aromatic N) is 5. The Kier molecular flexibility index (Phi) is 9.56. The van der Waals surface area contributed by atoms with Crippen molar-refractivity contribution in [1.82, 2.24) is 30.4 Å². The molecule has 0 saturated carbocycles. The van der Waals surface area contributed by atoms with E-state index in [1.54, 1.807) is 0 Å². The van der Waals surface area contributed by atoms with Gasteiger partial charge in [0.1, 0.15) is 23.2 Å². The lowest BCUT2D eigenvalue weighted by atomic mass is 9.76. The first-order valence-corrected chi connectivity index (χ1v) is 18.2. The number of ether oxygens (including phenoxy) is 1. The molecule has 3 atom stereocenters. The molecule has 0 radical (unpaired) electrons. The normalized spacial score (nSPS) is 19.8. The number of tetrazole rings is 1. The molecule has 2 aliphatic rings. The van der Waals surface area contributed by atoms with Crippen molar-refractivity contribution in [2.24, 2.45) is 0 Å². The number of nitrogens with one attached hydrogen (secondary N) is 1. The minimum atomic E-state index is -0.744. The molecule has 2 unspecified atom stereocenters. The predicted molar refractivity (Wildman–Crippen MR) is 194 cm³/mol. The van der Waals surface area contributed by atoms with E-state index in [1.165, 1.54) is 19.3 Å². The van der Waals surface area contributed by atoms with E-state index >= 15 is 0 Å². The van der Waals surface area contributed by atoms with Crippen molar-refractivity contribution in [2.45, 2.75) is 80.7 Å². The van der Waals surface area contributed by atoms with Gasteiger partial charge in [-0.15, -0.1) is 16.9 Å². The Labute approximate surface area is 293 Å². The summed E-state index contributed by atoms with van der Waals surface area (Å²) >= 11 is 1.81. The Balaban J connectivity index is 1.14. The molecule has 2 aliphatic heterocycles. The number of carbonyl (C=O) groups excluding carboxylic acids is 1. The number of thioether (sulfide) groups is 1. The summed E-state index contributed by atoms with van der Waals surface area (Å²) in [5, 5.41) is 16.8. The van der Waals surface area contributed by atoms with Crippen LogP contribution in [0, 0.1) is 0 Å². The van der Waals surface area contributed by atoms with E-state index in [2.05, 4.69) is 127 Å². The van der Waals surface area contributed by atoms with Crippen molar-refractivity contribution in [3.05, 3.63) is 143 Å². The van der Waals surface area contributed by atoms with Gasteiger partial charge in [0.25, 0.3) is 0 Å². The van der Waals surface area contributed by atoms with E-state index in [1.807, 2.05) is 51.7 Å². The zero-order valence-corrected chi connectivity index (χ0v) is 29.2. The maximum atomic E-state index is 14.4. The average molecular weight is 673 g/mol. The van der Waals surface area contributed by atoms with Crippen molar-refractivity contribution >= 4 is 17.7 Å². The summed E-state index contributed by atoms with van der Waals surface area (Å²) in [7, 11) is 0. The van der Waals surface area contributed by atoms with Crippen molar-refractivity contribution in [3.63, 3.8) is 0 Å². The Morgan fingerprint density at radius 2 is 1.41 bits per heavy atom. The lowest BCUT2D eigenvalue weighted by Gasteiger charge is -2.49. The Hall–Kier alpha value is -4.47. The summed E-state index contributed by atoms with van der Waals surface area (Å²) in [5.74, 6) is 1.62. The molecule has 8 nitrogen and oxygen atoms in total. The lowest BCUT2D eigenvalue weighted by Crippen LogP contribution is -2.70. The summed E-state index contributed by atoms with van der Waals surface area (Å²) < 4.78 is 7.46. The maximum Gasteiger partial charge on any atom is 0.244 e. The number of rotatable bonds is 14. The zero-order chi connectivity index (χ0) is 33.8. The van der Waals surface area contributed by atoms with Crippen LogP contribution in [0.5, 0.6) is 5.75 Å². The fourth-order valence-corrected chi connectivity index (χ4v) is 8.94. The second kappa shape index (κ2) is 14.2. The van der Waals surface area contributed by atoms with Gasteiger partial charge in [0.2, 0.25) is 5.91 Å². The Morgan fingerprint density at radius 3 is 1.98 bits per heavy atom. The standard InChI is InChI=1S/C40H44N6O2S/c1-4-5-6-16-27-48-33-25-23-29(24-26-33)28-45-36(42-43-44-45)35-39(2,3)49-38-34(37(47)46(35)38)41-40(30-17-10-7-11-18-30,31-19-12-8-13-20-31)32-21-14-9-15-22-32/h7-15,17-26,34-35,38,41H,4-6,16,27-28H2,1-3H3/t34?,35?,38-/m0/s1. The molecular weight excluding hydrogens is 629 g/mol. The molecule has 5 aromatic rings. The molecule has 9 heteroatoms. The van der Waals surface area contributed by atoms with Gasteiger partial charge in [0, 0.05) is 4.75 Å². The highest BCUT2D eigenvalue weighted by Crippen LogP contribution is 2.57. The molecule has 49 heavy (non-hydrogen) atoms. The van der Waals surface area contributed by atoms with Crippen LogP contribution in [0.15, 0.2) is 115 Å². The van der Waals surface area contributed by atoms with Crippen LogP contribution in [0.25, 0.3) is 0 Å². The van der Waals surface area contributed by atoms with Gasteiger partial charge in [-0.25, -0.2) is 4.68 Å². The first-order chi connectivity index (χ1) is 23.9. The zero-order valence-electron chi connectivity index (χ0n) is 28.4. The van der Waals surface area contributed by atoms with Gasteiger partial charge < -0.3 is 9.64 Å². The minimum absolute atomic E-state index is 0.0511. The van der Waals surface area contributed by atoms with Gasteiger partial charge in [0.05, 0.1) is 18.7 Å². The summed E-state index contributed by atoms with van der Waals surface area (Å²) in [6.45, 7) is 7.83. The van der Waals surface area contributed by atoms with Crippen molar-refractivity contribution < 1.29 is 9.53 Å². The van der Waals surface area contributed by atoms with Crippen LogP contribution < -0.4 is 10.1 Å².